The number of piperidine rings is 1. The Hall–Kier alpha value is -7.37. The molecule has 84 heavy (non-hydrogen) atoms. The number of benzene rings is 5. The lowest BCUT2D eigenvalue weighted by Gasteiger charge is -2.44. The average Bonchev–Trinajstić information content (AvgIpc) is 1.38. The largest absolute Gasteiger partial charge is 0.494 e. The molecule has 1 aromatic heterocycles. The maximum Gasteiger partial charge on any atom is 0.482 e. The van der Waals surface area contributed by atoms with Crippen molar-refractivity contribution in [2.24, 2.45) is 0 Å². The number of aromatic nitrogens is 1. The Kier molecular flexibility index (Phi) is 20.4. The molecule has 0 radical (unpaired) electrons. The number of sulfonamides is 1. The van der Waals surface area contributed by atoms with Crippen LogP contribution in [0.3, 0.4) is 0 Å². The van der Waals surface area contributed by atoms with Crippen LogP contribution in [0.4, 0.5) is 44.7 Å². The molecule has 6 aromatic rings. The monoisotopic (exact) mass is 1190 g/mol. The normalized spacial score (nSPS) is 17.5. The number of hydrogen-bond donors (Lipinski definition) is 5. The fourth-order valence-corrected chi connectivity index (χ4v) is 11.6. The number of nitrogens with zero attached hydrogens (tertiary/aromatic N) is 3. The SMILES string of the molecule is COc1cc(OCCOCCOCCOCCNC(=O)C(F)(F)Oc2ccc(S(=O)(=O)NC3CCC[C@H](N4c5ccccc5Oc5ccccc54)C3O)cc2)ccc1NCC#Cc1cc2c(NC3CCN(C)CC3)cccc2n1CC(F)(F)F. The summed E-state index contributed by atoms with van der Waals surface area (Å²) < 4.78 is 140. The van der Waals surface area contributed by atoms with Gasteiger partial charge in [-0.3, -0.25) is 4.79 Å². The Morgan fingerprint density at radius 3 is 2.10 bits per heavy atom. The Morgan fingerprint density at radius 2 is 1.42 bits per heavy atom. The van der Waals surface area contributed by atoms with Gasteiger partial charge in [0.2, 0.25) is 10.0 Å². The van der Waals surface area contributed by atoms with Crippen molar-refractivity contribution in [2.75, 3.05) is 102 Å². The molecule has 24 heteroatoms. The molecule has 18 nitrogen and oxygen atoms in total. The van der Waals surface area contributed by atoms with Crippen molar-refractivity contribution in [3.63, 3.8) is 0 Å². The van der Waals surface area contributed by atoms with Gasteiger partial charge >= 0.3 is 18.2 Å². The number of rotatable bonds is 26. The van der Waals surface area contributed by atoms with Crippen molar-refractivity contribution in [2.45, 2.75) is 80.1 Å². The van der Waals surface area contributed by atoms with Gasteiger partial charge in [-0.2, -0.15) is 22.0 Å². The maximum atomic E-state index is 14.8. The van der Waals surface area contributed by atoms with E-state index < -0.39 is 58.7 Å². The molecule has 1 amide bonds. The highest BCUT2D eigenvalue weighted by atomic mass is 32.2. The summed E-state index contributed by atoms with van der Waals surface area (Å²) in [7, 11) is -0.662. The summed E-state index contributed by atoms with van der Waals surface area (Å²) in [5.74, 6) is 5.93. The summed E-state index contributed by atoms with van der Waals surface area (Å²) in [5.41, 5.74) is 3.59. The second-order valence-electron chi connectivity index (χ2n) is 20.4. The summed E-state index contributed by atoms with van der Waals surface area (Å²) in [4.78, 5) is 16.3. The first-order valence-electron chi connectivity index (χ1n) is 27.7. The molecule has 1 aliphatic carbocycles. The number of alkyl halides is 5. The number of nitrogens with one attached hydrogen (secondary N) is 4. The quantitative estimate of drug-likeness (QED) is 0.0196. The number of carbonyl (C=O) groups is 1. The lowest BCUT2D eigenvalue weighted by Crippen LogP contribution is -2.56. The first kappa shape index (κ1) is 61.2. The van der Waals surface area contributed by atoms with Gasteiger partial charge in [-0.05, 0) is 137 Å². The first-order chi connectivity index (χ1) is 40.5. The van der Waals surface area contributed by atoms with Crippen molar-refractivity contribution in [3.8, 4) is 40.6 Å². The van der Waals surface area contributed by atoms with Crippen molar-refractivity contribution in [1.82, 2.24) is 19.5 Å². The summed E-state index contributed by atoms with van der Waals surface area (Å²) >= 11 is 0. The molecule has 2 aliphatic heterocycles. The minimum absolute atomic E-state index is 0.100. The predicted octanol–water partition coefficient (Wildman–Crippen LogP) is 8.90. The van der Waals surface area contributed by atoms with Crippen LogP contribution in [-0.4, -0.2) is 152 Å². The number of aliphatic hydroxyl groups excluding tert-OH is 1. The number of para-hydroxylation sites is 4. The van der Waals surface area contributed by atoms with E-state index in [1.54, 1.807) is 36.4 Å². The standard InChI is InChI=1S/C60H68F5N7O11S/c1-70-29-25-41(26-30-70)68-47-11-7-15-50-46(47)38-42(71(50)40-59(61,62)63)10-9-27-66-48-24-21-44(39-56(48)77-2)81-37-36-80-35-34-79-33-32-78-31-28-67-58(74)60(64,65)83-43-19-22-45(23-20-43)84(75,76)69-49-12-8-16-53(57(49)73)72-51-13-3-5-17-54(51)82-55-18-6-4-14-52(55)72/h3-7,11,13-15,17-24,38-39,41,49,53,57,66,68-69,73H,8,12,16,25-37,40H2,1-2H3,(H,67,74)/t49?,53-,57?/m0/s1. The molecule has 3 heterocycles. The van der Waals surface area contributed by atoms with Gasteiger partial charge < -0.3 is 68.6 Å². The molecule has 450 valence electrons. The van der Waals surface area contributed by atoms with E-state index in [2.05, 4.69) is 49.2 Å². The van der Waals surface area contributed by atoms with E-state index in [0.29, 0.717) is 58.9 Å². The van der Waals surface area contributed by atoms with Crippen molar-refractivity contribution < 1.29 is 73.4 Å². The second-order valence-corrected chi connectivity index (χ2v) is 22.1. The molecule has 0 spiro atoms. The first-order valence-corrected chi connectivity index (χ1v) is 29.2. The van der Waals surface area contributed by atoms with Crippen LogP contribution in [0.1, 0.15) is 37.8 Å². The summed E-state index contributed by atoms with van der Waals surface area (Å²) in [5, 5.41) is 21.1. The third-order valence-corrected chi connectivity index (χ3v) is 16.0. The molecule has 2 fully saturated rings. The molecule has 1 saturated carbocycles. The number of aliphatic hydroxyl groups is 1. The summed E-state index contributed by atoms with van der Waals surface area (Å²) in [6.45, 7) is 1.70. The van der Waals surface area contributed by atoms with Gasteiger partial charge in [-0.25, -0.2) is 13.1 Å². The maximum absolute atomic E-state index is 14.8. The van der Waals surface area contributed by atoms with Crippen LogP contribution < -0.4 is 44.5 Å². The molecular formula is C60H68F5N7O11S. The molecule has 3 atom stereocenters. The predicted molar refractivity (Wildman–Crippen MR) is 306 cm³/mol. The zero-order valence-electron chi connectivity index (χ0n) is 46.5. The highest BCUT2D eigenvalue weighted by Crippen LogP contribution is 2.49. The Bertz CT molecular complexity index is 3310. The minimum Gasteiger partial charge on any atom is -0.494 e. The number of halogens is 5. The van der Waals surface area contributed by atoms with Crippen LogP contribution in [0, 0.1) is 11.8 Å². The number of carbonyl (C=O) groups excluding carboxylic acids is 1. The average molecular weight is 1190 g/mol. The zero-order valence-corrected chi connectivity index (χ0v) is 47.3. The van der Waals surface area contributed by atoms with Gasteiger partial charge in [0.05, 0.1) is 105 Å². The number of likely N-dealkylation sites (tertiary alicyclic amines) is 1. The van der Waals surface area contributed by atoms with Crippen LogP contribution in [0.15, 0.2) is 120 Å². The number of anilines is 4. The summed E-state index contributed by atoms with van der Waals surface area (Å²) in [6.07, 6.45) is -6.45. The van der Waals surface area contributed by atoms with Crippen LogP contribution in [0.25, 0.3) is 10.9 Å². The number of methoxy groups -OCH3 is 1. The lowest BCUT2D eigenvalue weighted by molar-refractivity contribution is -0.193. The molecular weight excluding hydrogens is 1120 g/mol. The summed E-state index contributed by atoms with van der Waals surface area (Å²) in [6, 6.07) is 30.1. The van der Waals surface area contributed by atoms with Crippen LogP contribution in [-0.2, 0) is 35.6 Å². The minimum atomic E-state index is -4.44. The molecule has 5 N–H and O–H groups in total. The third-order valence-electron chi connectivity index (χ3n) is 14.5. The van der Waals surface area contributed by atoms with E-state index >= 15 is 0 Å². The number of ether oxygens (including phenoxy) is 7. The van der Waals surface area contributed by atoms with E-state index in [4.69, 9.17) is 28.4 Å². The number of hydrogen-bond acceptors (Lipinski definition) is 15. The van der Waals surface area contributed by atoms with Crippen LogP contribution in [0.2, 0.25) is 0 Å². The second kappa shape index (κ2) is 28.0. The molecule has 1 saturated heterocycles. The van der Waals surface area contributed by atoms with Crippen LogP contribution >= 0.6 is 0 Å². The smallest absolute Gasteiger partial charge is 0.482 e. The highest BCUT2D eigenvalue weighted by Gasteiger charge is 2.43. The fraction of sp³-hybridized carbons (Fsp3) is 0.417. The highest BCUT2D eigenvalue weighted by molar-refractivity contribution is 7.89. The number of amides is 1. The van der Waals surface area contributed by atoms with E-state index in [-0.39, 0.29) is 76.0 Å². The van der Waals surface area contributed by atoms with E-state index in [1.165, 1.54) is 11.7 Å². The molecule has 2 unspecified atom stereocenters. The third kappa shape index (κ3) is 15.9. The number of fused-ring (bicyclic) bond motifs is 3. The van der Waals surface area contributed by atoms with Crippen molar-refractivity contribution in [3.05, 3.63) is 121 Å². The zero-order chi connectivity index (χ0) is 59.3. The van der Waals surface area contributed by atoms with Gasteiger partial charge in [0.25, 0.3) is 0 Å². The van der Waals surface area contributed by atoms with Crippen molar-refractivity contribution in [1.29, 1.82) is 0 Å². The Balaban J connectivity index is 0.629. The van der Waals surface area contributed by atoms with Gasteiger partial charge in [-0.15, -0.1) is 0 Å². The fourth-order valence-electron chi connectivity index (χ4n) is 10.3. The van der Waals surface area contributed by atoms with E-state index in [1.807, 2.05) is 59.5 Å². The van der Waals surface area contributed by atoms with Gasteiger partial charge in [-0.1, -0.05) is 36.3 Å². The Labute approximate surface area is 484 Å². The van der Waals surface area contributed by atoms with Gasteiger partial charge in [0.1, 0.15) is 30.4 Å². The van der Waals surface area contributed by atoms with Gasteiger partial charge in [0.15, 0.2) is 11.5 Å². The van der Waals surface area contributed by atoms with Gasteiger partial charge in [0, 0.05) is 29.7 Å². The lowest BCUT2D eigenvalue weighted by atomic mass is 9.86. The molecule has 0 bridgehead atoms. The van der Waals surface area contributed by atoms with E-state index in [9.17, 15) is 40.3 Å². The van der Waals surface area contributed by atoms with Crippen LogP contribution in [0.5, 0.6) is 28.7 Å². The van der Waals surface area contributed by atoms with E-state index in [0.717, 1.165) is 67.3 Å². The topological polar surface area (TPSA) is 196 Å². The molecule has 3 aliphatic rings. The van der Waals surface area contributed by atoms with Crippen molar-refractivity contribution >= 4 is 49.6 Å². The molecule has 9 rings (SSSR count). The molecule has 5 aromatic carbocycles. The Morgan fingerprint density at radius 1 is 0.762 bits per heavy atom.